The molecule has 18 heavy (non-hydrogen) atoms. The number of hydrogen-bond donors (Lipinski definition) is 1. The van der Waals surface area contributed by atoms with Crippen LogP contribution in [0.4, 0.5) is 0 Å². The van der Waals surface area contributed by atoms with Crippen LogP contribution in [0.15, 0.2) is 0 Å². The average Bonchev–Trinajstić information content (AvgIpc) is 2.35. The molecule has 5 nitrogen and oxygen atoms in total. The van der Waals surface area contributed by atoms with E-state index in [1.807, 2.05) is 0 Å². The van der Waals surface area contributed by atoms with Crippen molar-refractivity contribution in [3.8, 4) is 0 Å². The minimum atomic E-state index is -3.04. The van der Waals surface area contributed by atoms with Gasteiger partial charge < -0.3 is 10.6 Å². The molecular weight excluding hydrogens is 252 g/mol. The number of nitrogens with zero attached hydrogens (tertiary/aromatic N) is 1. The van der Waals surface area contributed by atoms with Crippen LogP contribution in [0.5, 0.6) is 0 Å². The van der Waals surface area contributed by atoms with Crippen molar-refractivity contribution >= 4 is 15.7 Å². The lowest BCUT2D eigenvalue weighted by Gasteiger charge is -2.37. The number of nitrogens with two attached hydrogens (primary N) is 1. The summed E-state index contributed by atoms with van der Waals surface area (Å²) in [5, 5.41) is 0. The maximum Gasteiger partial charge on any atom is 0.229 e. The Hall–Kier alpha value is -0.620. The van der Waals surface area contributed by atoms with Crippen molar-refractivity contribution < 1.29 is 13.2 Å². The Balaban J connectivity index is 2.66. The molecule has 0 aromatic rings. The summed E-state index contributed by atoms with van der Waals surface area (Å²) < 4.78 is 22.2. The van der Waals surface area contributed by atoms with Crippen molar-refractivity contribution in [2.45, 2.75) is 32.1 Å². The van der Waals surface area contributed by atoms with Gasteiger partial charge >= 0.3 is 0 Å². The SMILES string of the molecule is CN(CCS(C)(=O)=O)C(=O)C1(CN)CCCCC1. The highest BCUT2D eigenvalue weighted by molar-refractivity contribution is 7.90. The van der Waals surface area contributed by atoms with Crippen molar-refractivity contribution in [2.24, 2.45) is 11.1 Å². The van der Waals surface area contributed by atoms with E-state index in [9.17, 15) is 13.2 Å². The van der Waals surface area contributed by atoms with E-state index in [2.05, 4.69) is 0 Å². The third-order valence-electron chi connectivity index (χ3n) is 3.80. The molecule has 0 heterocycles. The molecule has 1 rings (SSSR count). The second-order valence-corrected chi connectivity index (χ2v) is 7.66. The maximum atomic E-state index is 12.4. The normalized spacial score (nSPS) is 19.5. The van der Waals surface area contributed by atoms with E-state index in [4.69, 9.17) is 5.73 Å². The van der Waals surface area contributed by atoms with Gasteiger partial charge in [0.25, 0.3) is 0 Å². The van der Waals surface area contributed by atoms with Crippen LogP contribution in [0, 0.1) is 5.41 Å². The third kappa shape index (κ3) is 3.95. The van der Waals surface area contributed by atoms with Crippen LogP contribution in [0.25, 0.3) is 0 Å². The second-order valence-electron chi connectivity index (χ2n) is 5.40. The Morgan fingerprint density at radius 1 is 1.28 bits per heavy atom. The number of carbonyl (C=O) groups excluding carboxylic acids is 1. The lowest BCUT2D eigenvalue weighted by Crippen LogP contribution is -2.48. The van der Waals surface area contributed by atoms with Crippen molar-refractivity contribution in [1.82, 2.24) is 4.90 Å². The zero-order valence-electron chi connectivity index (χ0n) is 11.3. The molecule has 1 saturated carbocycles. The van der Waals surface area contributed by atoms with Gasteiger partial charge in [-0.3, -0.25) is 4.79 Å². The lowest BCUT2D eigenvalue weighted by atomic mass is 9.73. The van der Waals surface area contributed by atoms with Gasteiger partial charge in [-0.15, -0.1) is 0 Å². The smallest absolute Gasteiger partial charge is 0.229 e. The van der Waals surface area contributed by atoms with Gasteiger partial charge in [0.1, 0.15) is 9.84 Å². The highest BCUT2D eigenvalue weighted by Gasteiger charge is 2.39. The quantitative estimate of drug-likeness (QED) is 0.788. The molecular formula is C12H24N2O3S. The minimum Gasteiger partial charge on any atom is -0.344 e. The van der Waals surface area contributed by atoms with E-state index in [1.54, 1.807) is 7.05 Å². The fourth-order valence-corrected chi connectivity index (χ4v) is 3.15. The molecule has 106 valence electrons. The number of hydrogen-bond acceptors (Lipinski definition) is 4. The predicted molar refractivity (Wildman–Crippen MR) is 71.9 cm³/mol. The van der Waals surface area contributed by atoms with Crippen LogP contribution < -0.4 is 5.73 Å². The lowest BCUT2D eigenvalue weighted by molar-refractivity contribution is -0.141. The summed E-state index contributed by atoms with van der Waals surface area (Å²) in [7, 11) is -1.37. The molecule has 1 aliphatic carbocycles. The fourth-order valence-electron chi connectivity index (χ4n) is 2.54. The van der Waals surface area contributed by atoms with Crippen LogP contribution in [0.1, 0.15) is 32.1 Å². The van der Waals surface area contributed by atoms with Crippen LogP contribution in [0.3, 0.4) is 0 Å². The molecule has 1 amide bonds. The molecule has 0 bridgehead atoms. The van der Waals surface area contributed by atoms with Gasteiger partial charge in [-0.1, -0.05) is 19.3 Å². The van der Waals surface area contributed by atoms with Crippen molar-refractivity contribution in [1.29, 1.82) is 0 Å². The number of amides is 1. The molecule has 0 aliphatic heterocycles. The monoisotopic (exact) mass is 276 g/mol. The highest BCUT2D eigenvalue weighted by Crippen LogP contribution is 2.36. The third-order valence-corrected chi connectivity index (χ3v) is 4.72. The molecule has 0 aromatic carbocycles. The summed E-state index contributed by atoms with van der Waals surface area (Å²) in [4.78, 5) is 13.9. The van der Waals surface area contributed by atoms with Crippen LogP contribution in [-0.4, -0.2) is 51.4 Å². The van der Waals surface area contributed by atoms with Crippen molar-refractivity contribution in [3.05, 3.63) is 0 Å². The molecule has 1 aliphatic rings. The summed E-state index contributed by atoms with van der Waals surface area (Å²) in [6.45, 7) is 0.606. The minimum absolute atomic E-state index is 0.00773. The molecule has 0 saturated heterocycles. The van der Waals surface area contributed by atoms with Crippen molar-refractivity contribution in [3.63, 3.8) is 0 Å². The summed E-state index contributed by atoms with van der Waals surface area (Å²) in [5.74, 6) is 0.0175. The topological polar surface area (TPSA) is 80.5 Å². The van der Waals surface area contributed by atoms with E-state index >= 15 is 0 Å². The highest BCUT2D eigenvalue weighted by atomic mass is 32.2. The Bertz CT molecular complexity index is 386. The van der Waals surface area contributed by atoms with Gasteiger partial charge in [0.15, 0.2) is 0 Å². The Labute approximate surface area is 110 Å². The maximum absolute atomic E-state index is 12.4. The molecule has 0 radical (unpaired) electrons. The van der Waals surface area contributed by atoms with Gasteiger partial charge in [0.05, 0.1) is 11.2 Å². The molecule has 0 unspecified atom stereocenters. The Kier molecular flexibility index (Phi) is 5.16. The van der Waals surface area contributed by atoms with Gasteiger partial charge in [0, 0.05) is 26.4 Å². The average molecular weight is 276 g/mol. The first-order valence-electron chi connectivity index (χ1n) is 6.44. The summed E-state index contributed by atoms with van der Waals surface area (Å²) >= 11 is 0. The molecule has 6 heteroatoms. The summed E-state index contributed by atoms with van der Waals surface area (Å²) in [6, 6.07) is 0. The Morgan fingerprint density at radius 2 is 1.83 bits per heavy atom. The number of rotatable bonds is 5. The Morgan fingerprint density at radius 3 is 2.28 bits per heavy atom. The molecule has 2 N–H and O–H groups in total. The van der Waals surface area contributed by atoms with Gasteiger partial charge in [0.2, 0.25) is 5.91 Å². The zero-order valence-corrected chi connectivity index (χ0v) is 12.1. The molecule has 0 spiro atoms. The predicted octanol–water partition coefficient (Wildman–Crippen LogP) is 0.399. The summed E-state index contributed by atoms with van der Waals surface area (Å²) in [5.41, 5.74) is 5.34. The van der Waals surface area contributed by atoms with Crippen LogP contribution >= 0.6 is 0 Å². The second kappa shape index (κ2) is 6.02. The van der Waals surface area contributed by atoms with E-state index in [0.717, 1.165) is 32.1 Å². The van der Waals surface area contributed by atoms with E-state index in [-0.39, 0.29) is 18.2 Å². The first-order chi connectivity index (χ1) is 8.31. The van der Waals surface area contributed by atoms with Crippen LogP contribution in [0.2, 0.25) is 0 Å². The number of sulfone groups is 1. The summed E-state index contributed by atoms with van der Waals surface area (Å²) in [6.07, 6.45) is 6.05. The van der Waals surface area contributed by atoms with Gasteiger partial charge in [-0.2, -0.15) is 0 Å². The van der Waals surface area contributed by atoms with Crippen LogP contribution in [-0.2, 0) is 14.6 Å². The van der Waals surface area contributed by atoms with E-state index in [0.29, 0.717) is 6.54 Å². The van der Waals surface area contributed by atoms with E-state index < -0.39 is 15.3 Å². The van der Waals surface area contributed by atoms with Crippen molar-refractivity contribution in [2.75, 3.05) is 32.1 Å². The first kappa shape index (κ1) is 15.4. The van der Waals surface area contributed by atoms with Gasteiger partial charge in [-0.05, 0) is 12.8 Å². The number of carbonyl (C=O) groups is 1. The standard InChI is InChI=1S/C12H24N2O3S/c1-14(8-9-18(2,16)17)11(15)12(10-13)6-4-3-5-7-12/h3-10,13H2,1-2H3. The fraction of sp³-hybridized carbons (Fsp3) is 0.917. The molecule has 1 fully saturated rings. The molecule has 0 atom stereocenters. The first-order valence-corrected chi connectivity index (χ1v) is 8.50. The van der Waals surface area contributed by atoms with E-state index in [1.165, 1.54) is 11.2 Å². The zero-order chi connectivity index (χ0) is 13.8. The van der Waals surface area contributed by atoms with Gasteiger partial charge in [-0.25, -0.2) is 8.42 Å². The largest absolute Gasteiger partial charge is 0.344 e. The molecule has 0 aromatic heterocycles.